The first-order valence-electron chi connectivity index (χ1n) is 11.9. The first kappa shape index (κ1) is 25.5. The average Bonchev–Trinajstić information content (AvgIpc) is 3.42. The van der Waals surface area contributed by atoms with Crippen LogP contribution in [0, 0.1) is 12.8 Å². The Bertz CT molecular complexity index is 1210. The fourth-order valence-electron chi connectivity index (χ4n) is 4.27. The van der Waals surface area contributed by atoms with Gasteiger partial charge in [-0.2, -0.15) is 0 Å². The van der Waals surface area contributed by atoms with E-state index in [1.807, 2.05) is 26.2 Å². The van der Waals surface area contributed by atoms with Gasteiger partial charge in [-0.1, -0.05) is 0 Å². The molecule has 1 amide bonds. The lowest BCUT2D eigenvalue weighted by Crippen LogP contribution is -2.31. The van der Waals surface area contributed by atoms with Crippen molar-refractivity contribution in [2.75, 3.05) is 20.1 Å². The summed E-state index contributed by atoms with van der Waals surface area (Å²) in [5, 5.41) is 3.47. The number of Topliss-reactive ketones (excluding diaryl/α,β-unsaturated/α-hetero) is 1. The van der Waals surface area contributed by atoms with Crippen LogP contribution in [-0.2, 0) is 6.42 Å². The van der Waals surface area contributed by atoms with Crippen LogP contribution in [0.25, 0.3) is 10.6 Å². The number of likely N-dealkylation sites (tertiary alicyclic amines) is 1. The van der Waals surface area contributed by atoms with Crippen LogP contribution in [0.2, 0.25) is 0 Å². The van der Waals surface area contributed by atoms with Gasteiger partial charge in [0, 0.05) is 29.3 Å². The fourth-order valence-corrected chi connectivity index (χ4v) is 6.13. The van der Waals surface area contributed by atoms with E-state index in [4.69, 9.17) is 15.5 Å². The molecule has 1 aliphatic rings. The van der Waals surface area contributed by atoms with Gasteiger partial charge in [-0.3, -0.25) is 9.59 Å². The third kappa shape index (κ3) is 6.34. The Balaban J connectivity index is 1.50. The predicted octanol–water partition coefficient (Wildman–Crippen LogP) is 4.97. The molecule has 0 spiro atoms. The van der Waals surface area contributed by atoms with E-state index in [2.05, 4.69) is 16.9 Å². The highest BCUT2D eigenvalue weighted by atomic mass is 32.1. The molecule has 0 unspecified atom stereocenters. The number of rotatable bonds is 9. The van der Waals surface area contributed by atoms with Gasteiger partial charge in [-0.15, -0.1) is 22.7 Å². The summed E-state index contributed by atoms with van der Waals surface area (Å²) in [6.07, 6.45) is 3.22. The number of benzene rings is 1. The number of ketones is 1. The molecule has 35 heavy (non-hydrogen) atoms. The summed E-state index contributed by atoms with van der Waals surface area (Å²) < 4.78 is 5.94. The Kier molecular flexibility index (Phi) is 7.98. The van der Waals surface area contributed by atoms with Crippen molar-refractivity contribution in [3.63, 3.8) is 0 Å². The number of nitrogens with two attached hydrogens (primary N) is 1. The van der Waals surface area contributed by atoms with Crippen molar-refractivity contribution >= 4 is 34.4 Å². The molecule has 1 fully saturated rings. The van der Waals surface area contributed by atoms with Crippen LogP contribution in [0.4, 0.5) is 0 Å². The molecule has 2 N–H and O–H groups in total. The first-order chi connectivity index (χ1) is 16.7. The van der Waals surface area contributed by atoms with E-state index in [-0.39, 0.29) is 11.9 Å². The van der Waals surface area contributed by atoms with Gasteiger partial charge in [0.05, 0.1) is 27.4 Å². The summed E-state index contributed by atoms with van der Waals surface area (Å²) in [6.45, 7) is 7.96. The van der Waals surface area contributed by atoms with E-state index >= 15 is 0 Å². The average molecular weight is 513 g/mol. The van der Waals surface area contributed by atoms with Crippen LogP contribution in [-0.4, -0.2) is 52.8 Å². The summed E-state index contributed by atoms with van der Waals surface area (Å²) in [5.41, 5.74) is 8.46. The standard InChI is InChI=1S/C26H32N4O3S2/c1-15(2)33-22-6-5-18(25(27)32)12-19(22)13-23-29-20(14-34-23)24-16(3)28-26(35-24)21(31)11-17-7-9-30(4)10-8-17/h5-6,12,14-15,17H,7-11,13H2,1-4H3,(H2,27,32). The van der Waals surface area contributed by atoms with Crippen LogP contribution in [0.5, 0.6) is 5.75 Å². The van der Waals surface area contributed by atoms with Crippen LogP contribution >= 0.6 is 22.7 Å². The molecule has 9 heteroatoms. The molecule has 0 aliphatic carbocycles. The molecule has 186 valence electrons. The molecule has 1 aromatic carbocycles. The van der Waals surface area contributed by atoms with Gasteiger partial charge in [0.2, 0.25) is 5.91 Å². The number of piperidine rings is 1. The van der Waals surface area contributed by atoms with Crippen molar-refractivity contribution < 1.29 is 14.3 Å². The summed E-state index contributed by atoms with van der Waals surface area (Å²) in [6, 6.07) is 5.25. The monoisotopic (exact) mass is 512 g/mol. The molecule has 3 heterocycles. The highest BCUT2D eigenvalue weighted by Gasteiger charge is 2.23. The van der Waals surface area contributed by atoms with E-state index in [0.29, 0.717) is 29.3 Å². The minimum Gasteiger partial charge on any atom is -0.491 e. The zero-order valence-corrected chi connectivity index (χ0v) is 22.3. The number of primary amides is 1. The fraction of sp³-hybridized carbons (Fsp3) is 0.462. The van der Waals surface area contributed by atoms with E-state index in [9.17, 15) is 9.59 Å². The molecular weight excluding hydrogens is 480 g/mol. The van der Waals surface area contributed by atoms with Gasteiger partial charge >= 0.3 is 0 Å². The van der Waals surface area contributed by atoms with Crippen molar-refractivity contribution in [1.82, 2.24) is 14.9 Å². The van der Waals surface area contributed by atoms with Crippen LogP contribution in [0.1, 0.15) is 69.5 Å². The highest BCUT2D eigenvalue weighted by molar-refractivity contribution is 7.17. The maximum absolute atomic E-state index is 12.9. The number of carbonyl (C=O) groups excluding carboxylic acids is 2. The SMILES string of the molecule is Cc1nc(C(=O)CC2CCN(C)CC2)sc1-c1csc(Cc2cc(C(N)=O)ccc2OC(C)C)n1. The molecule has 0 saturated carbocycles. The van der Waals surface area contributed by atoms with Gasteiger partial charge in [-0.05, 0) is 77.9 Å². The number of hydrogen-bond donors (Lipinski definition) is 1. The van der Waals surface area contributed by atoms with Crippen LogP contribution < -0.4 is 10.5 Å². The smallest absolute Gasteiger partial charge is 0.248 e. The second kappa shape index (κ2) is 11.0. The van der Waals surface area contributed by atoms with E-state index in [0.717, 1.165) is 58.5 Å². The number of hydrogen-bond acceptors (Lipinski definition) is 8. The molecule has 1 saturated heterocycles. The molecule has 0 radical (unpaired) electrons. The molecule has 2 aromatic heterocycles. The molecule has 7 nitrogen and oxygen atoms in total. The summed E-state index contributed by atoms with van der Waals surface area (Å²) in [5.74, 6) is 0.821. The number of aromatic nitrogens is 2. The Labute approximate surface area is 214 Å². The molecule has 0 atom stereocenters. The molecule has 3 aromatic rings. The van der Waals surface area contributed by atoms with Crippen LogP contribution in [0.3, 0.4) is 0 Å². The molecule has 4 rings (SSSR count). The van der Waals surface area contributed by atoms with Gasteiger partial charge in [0.25, 0.3) is 0 Å². The Morgan fingerprint density at radius 1 is 1.23 bits per heavy atom. The minimum absolute atomic E-state index is 0.00496. The molecule has 1 aliphatic heterocycles. The lowest BCUT2D eigenvalue weighted by atomic mass is 9.92. The number of nitrogens with zero attached hydrogens (tertiary/aromatic N) is 3. The second-order valence-corrected chi connectivity index (χ2v) is 11.4. The number of amides is 1. The van der Waals surface area contributed by atoms with Crippen molar-refractivity contribution in [3.05, 3.63) is 50.4 Å². The summed E-state index contributed by atoms with van der Waals surface area (Å²) in [7, 11) is 2.13. The quantitative estimate of drug-likeness (QED) is 0.407. The van der Waals surface area contributed by atoms with E-state index < -0.39 is 5.91 Å². The van der Waals surface area contributed by atoms with Gasteiger partial charge in [-0.25, -0.2) is 9.97 Å². The summed E-state index contributed by atoms with van der Waals surface area (Å²) in [4.78, 5) is 37.3. The maximum Gasteiger partial charge on any atom is 0.248 e. The van der Waals surface area contributed by atoms with Crippen molar-refractivity contribution in [2.45, 2.75) is 52.6 Å². The lowest BCUT2D eigenvalue weighted by Gasteiger charge is -2.28. The summed E-state index contributed by atoms with van der Waals surface area (Å²) >= 11 is 2.98. The minimum atomic E-state index is -0.472. The third-order valence-electron chi connectivity index (χ3n) is 6.18. The number of aryl methyl sites for hydroxylation is 1. The second-order valence-electron chi connectivity index (χ2n) is 9.46. The lowest BCUT2D eigenvalue weighted by molar-refractivity contribution is 0.0934. The van der Waals surface area contributed by atoms with E-state index in [1.165, 1.54) is 11.3 Å². The van der Waals surface area contributed by atoms with Crippen LogP contribution in [0.15, 0.2) is 23.6 Å². The first-order valence-corrected chi connectivity index (χ1v) is 13.6. The predicted molar refractivity (Wildman–Crippen MR) is 141 cm³/mol. The zero-order valence-electron chi connectivity index (χ0n) is 20.7. The van der Waals surface area contributed by atoms with E-state index in [1.54, 1.807) is 29.5 Å². The third-order valence-corrected chi connectivity index (χ3v) is 8.25. The van der Waals surface area contributed by atoms with Crippen molar-refractivity contribution in [1.29, 1.82) is 0 Å². The highest BCUT2D eigenvalue weighted by Crippen LogP contribution is 2.34. The van der Waals surface area contributed by atoms with Crippen molar-refractivity contribution in [2.24, 2.45) is 11.7 Å². The number of carbonyl (C=O) groups is 2. The Morgan fingerprint density at radius 3 is 2.66 bits per heavy atom. The van der Waals surface area contributed by atoms with Gasteiger partial charge < -0.3 is 15.4 Å². The number of thiazole rings is 2. The normalized spacial score (nSPS) is 15.0. The number of ether oxygens (including phenoxy) is 1. The molecule has 0 bridgehead atoms. The molecular formula is C26H32N4O3S2. The largest absolute Gasteiger partial charge is 0.491 e. The maximum atomic E-state index is 12.9. The van der Waals surface area contributed by atoms with Gasteiger partial charge in [0.15, 0.2) is 10.8 Å². The Hall–Kier alpha value is -2.62. The Morgan fingerprint density at radius 2 is 1.97 bits per heavy atom. The van der Waals surface area contributed by atoms with Crippen molar-refractivity contribution in [3.8, 4) is 16.3 Å². The zero-order chi connectivity index (χ0) is 25.1. The van der Waals surface area contributed by atoms with Gasteiger partial charge in [0.1, 0.15) is 5.75 Å². The topological polar surface area (TPSA) is 98.4 Å².